The van der Waals surface area contributed by atoms with Crippen molar-refractivity contribution in [2.75, 3.05) is 7.11 Å². The molecule has 0 radical (unpaired) electrons. The summed E-state index contributed by atoms with van der Waals surface area (Å²) in [7, 11) is 1.29. The van der Waals surface area contributed by atoms with Crippen molar-refractivity contribution in [3.63, 3.8) is 0 Å². The van der Waals surface area contributed by atoms with Crippen molar-refractivity contribution in [1.29, 1.82) is 0 Å². The van der Waals surface area contributed by atoms with Crippen LogP contribution in [-0.4, -0.2) is 29.6 Å². The molecular formula is C13H16FNO4. The maximum Gasteiger partial charge on any atom is 0.329 e. The second-order valence-corrected chi connectivity index (χ2v) is 4.29. The number of amides is 1. The Hall–Kier alpha value is -2.11. The van der Waals surface area contributed by atoms with Crippen LogP contribution in [0.3, 0.4) is 0 Å². The molecule has 0 heterocycles. The Morgan fingerprint density at radius 2 is 2.11 bits per heavy atom. The van der Waals surface area contributed by atoms with Crippen LogP contribution in [0, 0.1) is 5.82 Å². The van der Waals surface area contributed by atoms with Gasteiger partial charge in [-0.05, 0) is 31.5 Å². The normalized spacial score (nSPS) is 13.5. The summed E-state index contributed by atoms with van der Waals surface area (Å²) in [5, 5.41) is 11.5. The number of benzene rings is 1. The quantitative estimate of drug-likeness (QED) is 0.855. The highest BCUT2D eigenvalue weighted by Gasteiger charge is 2.33. The molecule has 0 aliphatic heterocycles. The van der Waals surface area contributed by atoms with E-state index in [1.165, 1.54) is 26.2 Å². The van der Waals surface area contributed by atoms with Crippen LogP contribution in [-0.2, 0) is 4.79 Å². The lowest BCUT2D eigenvalue weighted by molar-refractivity contribution is -0.143. The fraction of sp³-hybridized carbons (Fsp3) is 0.385. The van der Waals surface area contributed by atoms with Gasteiger partial charge in [0.05, 0.1) is 7.11 Å². The summed E-state index contributed by atoms with van der Waals surface area (Å²) in [4.78, 5) is 23.0. The van der Waals surface area contributed by atoms with Crippen molar-refractivity contribution >= 4 is 11.9 Å². The molecule has 1 aromatic carbocycles. The topological polar surface area (TPSA) is 75.6 Å². The third-order valence-electron chi connectivity index (χ3n) is 2.98. The number of hydrogen-bond donors (Lipinski definition) is 2. The Bertz CT molecular complexity index is 503. The summed E-state index contributed by atoms with van der Waals surface area (Å²) in [5.74, 6) is -2.38. The van der Waals surface area contributed by atoms with E-state index in [2.05, 4.69) is 5.32 Å². The molecule has 0 aliphatic carbocycles. The molecule has 5 nitrogen and oxygen atoms in total. The lowest BCUT2D eigenvalue weighted by Gasteiger charge is -2.24. The van der Waals surface area contributed by atoms with E-state index >= 15 is 0 Å². The largest absolute Gasteiger partial charge is 0.494 e. The first-order valence-corrected chi connectivity index (χ1v) is 5.73. The number of methoxy groups -OCH3 is 1. The minimum Gasteiger partial charge on any atom is -0.494 e. The summed E-state index contributed by atoms with van der Waals surface area (Å²) in [6, 6.07) is 3.59. The van der Waals surface area contributed by atoms with Gasteiger partial charge in [0.1, 0.15) is 5.54 Å². The van der Waals surface area contributed by atoms with E-state index in [4.69, 9.17) is 9.84 Å². The number of hydrogen-bond acceptors (Lipinski definition) is 3. The van der Waals surface area contributed by atoms with E-state index in [1.807, 2.05) is 0 Å². The summed E-state index contributed by atoms with van der Waals surface area (Å²) in [5.41, 5.74) is -1.22. The molecule has 0 saturated carbocycles. The smallest absolute Gasteiger partial charge is 0.329 e. The summed E-state index contributed by atoms with van der Waals surface area (Å²) in [6.45, 7) is 3.06. The lowest BCUT2D eigenvalue weighted by atomic mass is 9.98. The van der Waals surface area contributed by atoms with Crippen molar-refractivity contribution in [3.8, 4) is 5.75 Å². The fourth-order valence-corrected chi connectivity index (χ4v) is 1.42. The van der Waals surface area contributed by atoms with E-state index in [0.717, 1.165) is 6.07 Å². The predicted molar refractivity (Wildman–Crippen MR) is 66.8 cm³/mol. The number of rotatable bonds is 5. The van der Waals surface area contributed by atoms with Crippen molar-refractivity contribution < 1.29 is 23.8 Å². The van der Waals surface area contributed by atoms with E-state index in [9.17, 15) is 14.0 Å². The molecule has 1 unspecified atom stereocenters. The Balaban J connectivity index is 2.98. The molecule has 19 heavy (non-hydrogen) atoms. The van der Waals surface area contributed by atoms with Crippen molar-refractivity contribution in [2.45, 2.75) is 25.8 Å². The summed E-state index contributed by atoms with van der Waals surface area (Å²) in [6.07, 6.45) is 0.229. The molecule has 0 spiro atoms. The van der Waals surface area contributed by atoms with Gasteiger partial charge >= 0.3 is 5.97 Å². The van der Waals surface area contributed by atoms with Crippen LogP contribution >= 0.6 is 0 Å². The molecule has 6 heteroatoms. The highest BCUT2D eigenvalue weighted by Crippen LogP contribution is 2.19. The standard InChI is InChI=1S/C13H16FNO4/c1-4-13(2,12(17)18)15-11(16)8-5-6-9(14)10(7-8)19-3/h5-7H,4H2,1-3H3,(H,15,16)(H,17,18). The maximum absolute atomic E-state index is 13.2. The lowest BCUT2D eigenvalue weighted by Crippen LogP contribution is -2.51. The van der Waals surface area contributed by atoms with Gasteiger partial charge in [0.15, 0.2) is 11.6 Å². The van der Waals surface area contributed by atoms with Crippen molar-refractivity contribution in [3.05, 3.63) is 29.6 Å². The summed E-state index contributed by atoms with van der Waals surface area (Å²) >= 11 is 0. The van der Waals surface area contributed by atoms with E-state index in [0.29, 0.717) is 0 Å². The number of halogens is 1. The predicted octanol–water partition coefficient (Wildman–Crippen LogP) is 1.82. The van der Waals surface area contributed by atoms with E-state index in [1.54, 1.807) is 6.92 Å². The van der Waals surface area contributed by atoms with Crippen LogP contribution in [0.1, 0.15) is 30.6 Å². The zero-order valence-electron chi connectivity index (χ0n) is 11.0. The monoisotopic (exact) mass is 269 g/mol. The second kappa shape index (κ2) is 5.69. The van der Waals surface area contributed by atoms with Gasteiger partial charge in [-0.1, -0.05) is 6.92 Å². The fourth-order valence-electron chi connectivity index (χ4n) is 1.42. The average molecular weight is 269 g/mol. The summed E-state index contributed by atoms with van der Waals surface area (Å²) < 4.78 is 18.0. The molecule has 104 valence electrons. The Morgan fingerprint density at radius 1 is 1.47 bits per heavy atom. The Kier molecular flexibility index (Phi) is 4.47. The number of ether oxygens (including phenoxy) is 1. The molecule has 1 rings (SSSR count). The molecule has 1 amide bonds. The molecule has 0 aliphatic rings. The SMILES string of the molecule is CCC(C)(NC(=O)c1ccc(F)c(OC)c1)C(=O)O. The van der Waals surface area contributed by atoms with E-state index in [-0.39, 0.29) is 17.7 Å². The number of carbonyl (C=O) groups excluding carboxylic acids is 1. The van der Waals surface area contributed by atoms with Crippen molar-refractivity contribution in [1.82, 2.24) is 5.32 Å². The number of carboxylic acids is 1. The Labute approximate surface area is 110 Å². The zero-order chi connectivity index (χ0) is 14.6. The third-order valence-corrected chi connectivity index (χ3v) is 2.98. The Morgan fingerprint density at radius 3 is 2.58 bits per heavy atom. The van der Waals surface area contributed by atoms with Crippen LogP contribution in [0.15, 0.2) is 18.2 Å². The first-order chi connectivity index (χ1) is 8.84. The molecule has 1 atom stereocenters. The average Bonchev–Trinajstić information content (AvgIpc) is 2.38. The number of nitrogens with one attached hydrogen (secondary N) is 1. The highest BCUT2D eigenvalue weighted by molar-refractivity contribution is 5.98. The second-order valence-electron chi connectivity index (χ2n) is 4.29. The van der Waals surface area contributed by atoms with Gasteiger partial charge in [0.2, 0.25) is 0 Å². The van der Waals surface area contributed by atoms with E-state index < -0.39 is 23.2 Å². The van der Waals surface area contributed by atoms with Gasteiger partial charge in [0, 0.05) is 5.56 Å². The highest BCUT2D eigenvalue weighted by atomic mass is 19.1. The van der Waals surface area contributed by atoms with Crippen LogP contribution < -0.4 is 10.1 Å². The minimum absolute atomic E-state index is 0.0684. The zero-order valence-corrected chi connectivity index (χ0v) is 11.0. The molecular weight excluding hydrogens is 253 g/mol. The van der Waals surface area contributed by atoms with Gasteiger partial charge in [-0.3, -0.25) is 4.79 Å². The number of aliphatic carboxylic acids is 1. The van der Waals surface area contributed by atoms with Crippen molar-refractivity contribution in [2.24, 2.45) is 0 Å². The number of carbonyl (C=O) groups is 2. The molecule has 0 saturated heterocycles. The minimum atomic E-state index is -1.36. The van der Waals surface area contributed by atoms with Gasteiger partial charge < -0.3 is 15.2 Å². The first kappa shape index (κ1) is 14.9. The van der Waals surface area contributed by atoms with Crippen LogP contribution in [0.5, 0.6) is 5.75 Å². The van der Waals surface area contributed by atoms with Crippen LogP contribution in [0.4, 0.5) is 4.39 Å². The van der Waals surface area contributed by atoms with Gasteiger partial charge in [-0.15, -0.1) is 0 Å². The molecule has 1 aromatic rings. The first-order valence-electron chi connectivity index (χ1n) is 5.73. The van der Waals surface area contributed by atoms with Crippen LogP contribution in [0.25, 0.3) is 0 Å². The van der Waals surface area contributed by atoms with Gasteiger partial charge in [0.25, 0.3) is 5.91 Å². The molecule has 2 N–H and O–H groups in total. The molecule has 0 fully saturated rings. The molecule has 0 bridgehead atoms. The maximum atomic E-state index is 13.2. The number of carboxylic acid groups (broad SMARTS) is 1. The molecule has 0 aromatic heterocycles. The van der Waals surface area contributed by atoms with Gasteiger partial charge in [-0.2, -0.15) is 0 Å². The van der Waals surface area contributed by atoms with Gasteiger partial charge in [-0.25, -0.2) is 9.18 Å². The third kappa shape index (κ3) is 3.21. The van der Waals surface area contributed by atoms with Crippen LogP contribution in [0.2, 0.25) is 0 Å².